The molecule has 2 aromatic carbocycles. The van der Waals surface area contributed by atoms with Gasteiger partial charge in [0.25, 0.3) is 0 Å². The number of carbonyl (C=O) groups excluding carboxylic acids is 1. The van der Waals surface area contributed by atoms with Crippen molar-refractivity contribution in [2.45, 2.75) is 59.0 Å². The van der Waals surface area contributed by atoms with Gasteiger partial charge < -0.3 is 10.0 Å². The molecule has 0 spiro atoms. The zero-order chi connectivity index (χ0) is 18.6. The number of amides is 1. The minimum Gasteiger partial charge on any atom is -0.508 e. The fraction of sp³-hybridized carbons (Fsp3) is 0.409. The van der Waals surface area contributed by atoms with Crippen LogP contribution in [0.4, 0.5) is 0 Å². The molecule has 0 unspecified atom stereocenters. The second-order valence-corrected chi connectivity index (χ2v) is 7.22. The van der Waals surface area contributed by atoms with E-state index >= 15 is 0 Å². The maximum Gasteiger partial charge on any atom is 0.223 e. The van der Waals surface area contributed by atoms with Crippen molar-refractivity contribution in [3.05, 3.63) is 65.2 Å². The number of nitrogens with zero attached hydrogens (tertiary/aromatic N) is 1. The molecule has 1 N–H and O–H groups in total. The van der Waals surface area contributed by atoms with Crippen LogP contribution in [0, 0.1) is 6.92 Å². The molecule has 0 saturated carbocycles. The smallest absolute Gasteiger partial charge is 0.223 e. The summed E-state index contributed by atoms with van der Waals surface area (Å²) < 4.78 is 0. The standard InChI is InChI=1S/C22H29NO2/c1-15(2)23(16(3)4)22(25)14-19(18-9-7-6-8-10-18)20-13-17(5)11-12-21(20)24/h6-13,15-16,19,24H,14H2,1-5H3/t19-/m1/s1. The molecular formula is C22H29NO2. The minimum atomic E-state index is -0.159. The number of aryl methyl sites for hydroxylation is 1. The number of phenols is 1. The molecule has 0 aliphatic rings. The van der Waals surface area contributed by atoms with Crippen LogP contribution in [-0.2, 0) is 4.79 Å². The number of aromatic hydroxyl groups is 1. The van der Waals surface area contributed by atoms with Crippen molar-refractivity contribution >= 4 is 5.91 Å². The van der Waals surface area contributed by atoms with Crippen LogP contribution in [0.2, 0.25) is 0 Å². The molecule has 0 aromatic heterocycles. The van der Waals surface area contributed by atoms with E-state index < -0.39 is 0 Å². The third-order valence-corrected chi connectivity index (χ3v) is 4.54. The van der Waals surface area contributed by atoms with Crippen LogP contribution < -0.4 is 0 Å². The Hall–Kier alpha value is -2.29. The summed E-state index contributed by atoms with van der Waals surface area (Å²) >= 11 is 0. The van der Waals surface area contributed by atoms with Gasteiger partial charge >= 0.3 is 0 Å². The molecule has 3 heteroatoms. The Bertz CT molecular complexity index is 699. The van der Waals surface area contributed by atoms with Gasteiger partial charge in [0.15, 0.2) is 0 Å². The molecule has 25 heavy (non-hydrogen) atoms. The topological polar surface area (TPSA) is 40.5 Å². The number of carbonyl (C=O) groups is 1. The predicted molar refractivity (Wildman–Crippen MR) is 103 cm³/mol. The average molecular weight is 339 g/mol. The van der Waals surface area contributed by atoms with Gasteiger partial charge in [0.1, 0.15) is 5.75 Å². The Kier molecular flexibility index (Phi) is 6.24. The van der Waals surface area contributed by atoms with Crippen LogP contribution >= 0.6 is 0 Å². The van der Waals surface area contributed by atoms with E-state index in [1.165, 1.54) is 0 Å². The largest absolute Gasteiger partial charge is 0.508 e. The third-order valence-electron chi connectivity index (χ3n) is 4.54. The van der Waals surface area contributed by atoms with E-state index in [1.807, 2.05) is 82.0 Å². The number of rotatable bonds is 6. The highest BCUT2D eigenvalue weighted by molar-refractivity contribution is 5.78. The summed E-state index contributed by atoms with van der Waals surface area (Å²) in [6.45, 7) is 10.2. The summed E-state index contributed by atoms with van der Waals surface area (Å²) in [7, 11) is 0. The van der Waals surface area contributed by atoms with Crippen molar-refractivity contribution in [1.82, 2.24) is 4.90 Å². The summed E-state index contributed by atoms with van der Waals surface area (Å²) in [5, 5.41) is 10.4. The number of benzene rings is 2. The van der Waals surface area contributed by atoms with Gasteiger partial charge in [0.2, 0.25) is 5.91 Å². The molecule has 2 aromatic rings. The molecule has 0 aliphatic heterocycles. The van der Waals surface area contributed by atoms with Crippen molar-refractivity contribution in [3.63, 3.8) is 0 Å². The molecule has 0 saturated heterocycles. The van der Waals surface area contributed by atoms with Gasteiger partial charge in [-0.3, -0.25) is 4.79 Å². The summed E-state index contributed by atoms with van der Waals surface area (Å²) in [4.78, 5) is 14.9. The first kappa shape index (κ1) is 19.0. The molecule has 3 nitrogen and oxygen atoms in total. The van der Waals surface area contributed by atoms with Gasteiger partial charge in [0, 0.05) is 30.0 Å². The molecule has 0 bridgehead atoms. The van der Waals surface area contributed by atoms with Gasteiger partial charge in [-0.05, 0) is 46.2 Å². The number of phenolic OH excluding ortho intramolecular Hbond substituents is 1. The van der Waals surface area contributed by atoms with Crippen molar-refractivity contribution in [2.24, 2.45) is 0 Å². The molecule has 1 amide bonds. The molecule has 0 heterocycles. The molecule has 0 fully saturated rings. The second-order valence-electron chi connectivity index (χ2n) is 7.22. The van der Waals surface area contributed by atoms with E-state index in [2.05, 4.69) is 0 Å². The monoisotopic (exact) mass is 339 g/mol. The average Bonchev–Trinajstić information content (AvgIpc) is 2.55. The van der Waals surface area contributed by atoms with Crippen LogP contribution in [0.5, 0.6) is 5.75 Å². The maximum absolute atomic E-state index is 13.0. The highest BCUT2D eigenvalue weighted by Crippen LogP contribution is 2.35. The SMILES string of the molecule is Cc1ccc(O)c([C@H](CC(=O)N(C(C)C)C(C)C)c2ccccc2)c1. The molecule has 0 aliphatic carbocycles. The maximum atomic E-state index is 13.0. The van der Waals surface area contributed by atoms with Gasteiger partial charge in [-0.2, -0.15) is 0 Å². The highest BCUT2D eigenvalue weighted by atomic mass is 16.3. The van der Waals surface area contributed by atoms with E-state index in [-0.39, 0.29) is 29.7 Å². The Balaban J connectivity index is 2.43. The lowest BCUT2D eigenvalue weighted by Crippen LogP contribution is -2.42. The normalized spacial score (nSPS) is 12.4. The van der Waals surface area contributed by atoms with E-state index in [4.69, 9.17) is 0 Å². The van der Waals surface area contributed by atoms with E-state index in [9.17, 15) is 9.90 Å². The van der Waals surface area contributed by atoms with Gasteiger partial charge in [-0.25, -0.2) is 0 Å². The molecule has 1 atom stereocenters. The zero-order valence-electron chi connectivity index (χ0n) is 15.9. The van der Waals surface area contributed by atoms with Crippen molar-refractivity contribution in [2.75, 3.05) is 0 Å². The summed E-state index contributed by atoms with van der Waals surface area (Å²) in [6, 6.07) is 15.8. The Morgan fingerprint density at radius 1 is 1.00 bits per heavy atom. The number of hydrogen-bond donors (Lipinski definition) is 1. The molecule has 2 rings (SSSR count). The van der Waals surface area contributed by atoms with Crippen molar-refractivity contribution < 1.29 is 9.90 Å². The van der Waals surface area contributed by atoms with E-state index in [1.54, 1.807) is 6.07 Å². The highest BCUT2D eigenvalue weighted by Gasteiger charge is 2.26. The van der Waals surface area contributed by atoms with Gasteiger partial charge in [-0.15, -0.1) is 0 Å². The first-order valence-electron chi connectivity index (χ1n) is 8.97. The zero-order valence-corrected chi connectivity index (χ0v) is 15.9. The summed E-state index contributed by atoms with van der Waals surface area (Å²) in [5.74, 6) is 0.196. The molecule has 134 valence electrons. The van der Waals surface area contributed by atoms with Crippen molar-refractivity contribution in [3.8, 4) is 5.75 Å². The second kappa shape index (κ2) is 8.19. The van der Waals surface area contributed by atoms with Crippen LogP contribution in [-0.4, -0.2) is 28.0 Å². The number of hydrogen-bond acceptors (Lipinski definition) is 2. The fourth-order valence-electron chi connectivity index (χ4n) is 3.50. The minimum absolute atomic E-state index is 0.111. The van der Waals surface area contributed by atoms with Crippen LogP contribution in [0.3, 0.4) is 0 Å². The quantitative estimate of drug-likeness (QED) is 0.816. The molecular weight excluding hydrogens is 310 g/mol. The van der Waals surface area contributed by atoms with Crippen LogP contribution in [0.15, 0.2) is 48.5 Å². The first-order valence-corrected chi connectivity index (χ1v) is 8.97. The lowest BCUT2D eigenvalue weighted by Gasteiger charge is -2.32. The summed E-state index contributed by atoms with van der Waals surface area (Å²) in [5.41, 5.74) is 2.93. The van der Waals surface area contributed by atoms with Crippen LogP contribution in [0.1, 0.15) is 56.7 Å². The Labute approximate surface area is 151 Å². The van der Waals surface area contributed by atoms with Gasteiger partial charge in [0.05, 0.1) is 0 Å². The van der Waals surface area contributed by atoms with E-state index in [0.29, 0.717) is 6.42 Å². The summed E-state index contributed by atoms with van der Waals surface area (Å²) in [6.07, 6.45) is 0.345. The molecule has 0 radical (unpaired) electrons. The lowest BCUT2D eigenvalue weighted by molar-refractivity contribution is -0.135. The Morgan fingerprint density at radius 3 is 2.16 bits per heavy atom. The Morgan fingerprint density at radius 2 is 1.60 bits per heavy atom. The first-order chi connectivity index (χ1) is 11.8. The van der Waals surface area contributed by atoms with E-state index in [0.717, 1.165) is 16.7 Å². The van der Waals surface area contributed by atoms with Crippen molar-refractivity contribution in [1.29, 1.82) is 0 Å². The van der Waals surface area contributed by atoms with Crippen LogP contribution in [0.25, 0.3) is 0 Å². The predicted octanol–water partition coefficient (Wildman–Crippen LogP) is 4.87. The third kappa shape index (κ3) is 4.62. The van der Waals surface area contributed by atoms with Gasteiger partial charge in [-0.1, -0.05) is 48.0 Å². The lowest BCUT2D eigenvalue weighted by atomic mass is 9.86. The fourth-order valence-corrected chi connectivity index (χ4v) is 3.50.